The van der Waals surface area contributed by atoms with Gasteiger partial charge in [0.15, 0.2) is 0 Å². The molecule has 0 fully saturated rings. The predicted molar refractivity (Wildman–Crippen MR) is 83.2 cm³/mol. The smallest absolute Gasteiger partial charge is 0.267 e. The summed E-state index contributed by atoms with van der Waals surface area (Å²) >= 11 is 0. The molecule has 0 bridgehead atoms. The number of carbonyl (C=O) groups is 1. The van der Waals surface area contributed by atoms with Gasteiger partial charge in [-0.05, 0) is 24.3 Å². The van der Waals surface area contributed by atoms with Gasteiger partial charge in [-0.15, -0.1) is 0 Å². The van der Waals surface area contributed by atoms with E-state index in [1.807, 2.05) is 48.5 Å². The Bertz CT molecular complexity index is 792. The molecule has 3 aromatic rings. The Balaban J connectivity index is 1.78. The van der Waals surface area contributed by atoms with Crippen LogP contribution in [0.25, 0.3) is 10.9 Å². The average Bonchev–Trinajstić information content (AvgIpc) is 2.56. The summed E-state index contributed by atoms with van der Waals surface area (Å²) in [5.41, 5.74) is 4.91. The Labute approximate surface area is 122 Å². The van der Waals surface area contributed by atoms with Gasteiger partial charge in [0.25, 0.3) is 5.91 Å². The molecular weight excluding hydrogens is 262 g/mol. The lowest BCUT2D eigenvalue weighted by molar-refractivity contribution is 0.0955. The third-order valence-electron chi connectivity index (χ3n) is 3.09. The number of rotatable bonds is 3. The molecule has 0 aliphatic carbocycles. The summed E-state index contributed by atoms with van der Waals surface area (Å²) in [6.45, 7) is 0. The molecule has 1 aromatic heterocycles. The van der Waals surface area contributed by atoms with Gasteiger partial charge in [-0.25, -0.2) is 5.43 Å². The van der Waals surface area contributed by atoms with E-state index in [4.69, 9.17) is 0 Å². The number of nitrogens with zero attached hydrogens (tertiary/aromatic N) is 2. The highest BCUT2D eigenvalue weighted by molar-refractivity contribution is 5.99. The molecule has 102 valence electrons. The van der Waals surface area contributed by atoms with E-state index in [1.54, 1.807) is 24.5 Å². The zero-order valence-corrected chi connectivity index (χ0v) is 11.2. The molecule has 4 nitrogen and oxygen atoms in total. The second-order valence-corrected chi connectivity index (χ2v) is 4.48. The van der Waals surface area contributed by atoms with Crippen molar-refractivity contribution >= 4 is 23.0 Å². The van der Waals surface area contributed by atoms with Gasteiger partial charge in [0.2, 0.25) is 0 Å². The maximum absolute atomic E-state index is 11.9. The fourth-order valence-electron chi connectivity index (χ4n) is 2.05. The predicted octanol–water partition coefficient (Wildman–Crippen LogP) is 3.00. The van der Waals surface area contributed by atoms with E-state index in [-0.39, 0.29) is 5.91 Å². The van der Waals surface area contributed by atoms with Crippen molar-refractivity contribution in [2.45, 2.75) is 0 Å². The fraction of sp³-hybridized carbons (Fsp3) is 0. The number of hydrogen-bond acceptors (Lipinski definition) is 3. The molecule has 0 spiro atoms. The number of carbonyl (C=O) groups excluding carboxylic acids is 1. The van der Waals surface area contributed by atoms with Gasteiger partial charge >= 0.3 is 0 Å². The van der Waals surface area contributed by atoms with Crippen molar-refractivity contribution < 1.29 is 4.79 Å². The molecule has 0 saturated heterocycles. The number of para-hydroxylation sites is 1. The maximum Gasteiger partial charge on any atom is 0.271 e. The molecule has 21 heavy (non-hydrogen) atoms. The zero-order valence-electron chi connectivity index (χ0n) is 11.2. The van der Waals surface area contributed by atoms with Crippen molar-refractivity contribution in [1.82, 2.24) is 10.4 Å². The van der Waals surface area contributed by atoms with E-state index >= 15 is 0 Å². The molecule has 0 unspecified atom stereocenters. The van der Waals surface area contributed by atoms with Crippen LogP contribution in [0, 0.1) is 0 Å². The first-order chi connectivity index (χ1) is 10.3. The summed E-state index contributed by atoms with van der Waals surface area (Å²) < 4.78 is 0. The van der Waals surface area contributed by atoms with Crippen LogP contribution in [0.3, 0.4) is 0 Å². The molecule has 2 aromatic carbocycles. The quantitative estimate of drug-likeness (QED) is 0.590. The molecule has 0 saturated carbocycles. The third kappa shape index (κ3) is 2.95. The normalized spacial score (nSPS) is 10.9. The molecule has 3 rings (SSSR count). The number of pyridine rings is 1. The number of fused-ring (bicyclic) bond motifs is 1. The van der Waals surface area contributed by atoms with Crippen LogP contribution in [0.1, 0.15) is 15.9 Å². The van der Waals surface area contributed by atoms with E-state index in [0.29, 0.717) is 5.56 Å². The molecule has 0 aliphatic rings. The highest BCUT2D eigenvalue weighted by atomic mass is 16.2. The third-order valence-corrected chi connectivity index (χ3v) is 3.09. The Morgan fingerprint density at radius 3 is 2.62 bits per heavy atom. The van der Waals surface area contributed by atoms with Crippen LogP contribution < -0.4 is 5.43 Å². The van der Waals surface area contributed by atoms with Crippen LogP contribution in [0.5, 0.6) is 0 Å². The van der Waals surface area contributed by atoms with Crippen LogP contribution >= 0.6 is 0 Å². The first-order valence-electron chi connectivity index (χ1n) is 6.57. The number of amides is 1. The molecule has 1 N–H and O–H groups in total. The van der Waals surface area contributed by atoms with Gasteiger partial charge in [-0.3, -0.25) is 9.78 Å². The molecule has 4 heteroatoms. The van der Waals surface area contributed by atoms with Crippen LogP contribution in [0.4, 0.5) is 0 Å². The van der Waals surface area contributed by atoms with Crippen molar-refractivity contribution in [2.75, 3.05) is 0 Å². The summed E-state index contributed by atoms with van der Waals surface area (Å²) in [7, 11) is 0. The highest BCUT2D eigenvalue weighted by Crippen LogP contribution is 2.14. The lowest BCUT2D eigenvalue weighted by atomic mass is 10.1. The summed E-state index contributed by atoms with van der Waals surface area (Å²) in [6, 6.07) is 18.6. The maximum atomic E-state index is 11.9. The first-order valence-corrected chi connectivity index (χ1v) is 6.57. The molecule has 0 radical (unpaired) electrons. The van der Waals surface area contributed by atoms with Gasteiger partial charge < -0.3 is 0 Å². The van der Waals surface area contributed by atoms with Crippen molar-refractivity contribution in [3.8, 4) is 0 Å². The number of nitrogens with one attached hydrogen (secondary N) is 1. The van der Waals surface area contributed by atoms with Crippen LogP contribution in [0.2, 0.25) is 0 Å². The minimum Gasteiger partial charge on any atom is -0.267 e. The van der Waals surface area contributed by atoms with E-state index in [9.17, 15) is 4.79 Å². The average molecular weight is 275 g/mol. The monoisotopic (exact) mass is 275 g/mol. The number of aromatic nitrogens is 1. The lowest BCUT2D eigenvalue weighted by Crippen LogP contribution is -2.17. The van der Waals surface area contributed by atoms with E-state index < -0.39 is 0 Å². The largest absolute Gasteiger partial charge is 0.271 e. The summed E-state index contributed by atoms with van der Waals surface area (Å²) in [5, 5.41) is 5.01. The van der Waals surface area contributed by atoms with Gasteiger partial charge in [0, 0.05) is 22.7 Å². The summed E-state index contributed by atoms with van der Waals surface area (Å²) in [4.78, 5) is 16.1. The zero-order chi connectivity index (χ0) is 14.5. The Morgan fingerprint density at radius 1 is 1.00 bits per heavy atom. The Morgan fingerprint density at radius 2 is 1.76 bits per heavy atom. The van der Waals surface area contributed by atoms with Crippen molar-refractivity contribution in [3.63, 3.8) is 0 Å². The van der Waals surface area contributed by atoms with Crippen molar-refractivity contribution in [1.29, 1.82) is 0 Å². The molecule has 0 aliphatic heterocycles. The van der Waals surface area contributed by atoms with Gasteiger partial charge in [-0.2, -0.15) is 5.10 Å². The molecule has 0 atom stereocenters. The minimum atomic E-state index is -0.231. The second kappa shape index (κ2) is 5.96. The van der Waals surface area contributed by atoms with Crippen molar-refractivity contribution in [2.24, 2.45) is 5.10 Å². The summed E-state index contributed by atoms with van der Waals surface area (Å²) in [5.74, 6) is -0.231. The van der Waals surface area contributed by atoms with E-state index in [0.717, 1.165) is 16.5 Å². The number of hydrazone groups is 1. The first kappa shape index (κ1) is 13.0. The van der Waals surface area contributed by atoms with Crippen LogP contribution in [0.15, 0.2) is 72.0 Å². The molecule has 1 amide bonds. The minimum absolute atomic E-state index is 0.231. The Hall–Kier alpha value is -3.01. The van der Waals surface area contributed by atoms with Gasteiger partial charge in [0.1, 0.15) is 0 Å². The number of hydrogen-bond donors (Lipinski definition) is 1. The van der Waals surface area contributed by atoms with E-state index in [1.165, 1.54) is 0 Å². The highest BCUT2D eigenvalue weighted by Gasteiger charge is 2.02. The SMILES string of the molecule is O=C(NN=Cc1ccnc2ccccc12)c1ccccc1. The van der Waals surface area contributed by atoms with Crippen LogP contribution in [-0.2, 0) is 0 Å². The Kier molecular flexibility index (Phi) is 3.69. The van der Waals surface area contributed by atoms with E-state index in [2.05, 4.69) is 15.5 Å². The topological polar surface area (TPSA) is 54.4 Å². The van der Waals surface area contributed by atoms with Crippen molar-refractivity contribution in [3.05, 3.63) is 78.0 Å². The second-order valence-electron chi connectivity index (χ2n) is 4.48. The lowest BCUT2D eigenvalue weighted by Gasteiger charge is -2.01. The standard InChI is InChI=1S/C17H13N3O/c21-17(13-6-2-1-3-7-13)20-19-12-14-10-11-18-16-9-5-4-8-15(14)16/h1-12H,(H,20,21). The van der Waals surface area contributed by atoms with Crippen LogP contribution in [-0.4, -0.2) is 17.1 Å². The van der Waals surface area contributed by atoms with Gasteiger partial charge in [0.05, 0.1) is 11.7 Å². The molecular formula is C17H13N3O. The van der Waals surface area contributed by atoms with Gasteiger partial charge in [-0.1, -0.05) is 36.4 Å². The number of benzene rings is 2. The fourth-order valence-corrected chi connectivity index (χ4v) is 2.05. The summed E-state index contributed by atoms with van der Waals surface area (Å²) in [6.07, 6.45) is 3.35. The molecule has 1 heterocycles.